The Morgan fingerprint density at radius 1 is 1.23 bits per heavy atom. The SMILES string of the molecule is CC1(C)CN(C(=O)c2ccnc(-n3cnnc3)c2)CC1(C)O. The zero-order valence-electron chi connectivity index (χ0n) is 12.9. The first-order chi connectivity index (χ1) is 10.3. The highest BCUT2D eigenvalue weighted by Gasteiger charge is 2.49. The Morgan fingerprint density at radius 3 is 2.50 bits per heavy atom. The molecule has 0 aromatic carbocycles. The standard InChI is InChI=1S/C15H19N5O2/c1-14(2)7-19(8-15(14,3)22)13(21)11-4-5-16-12(6-11)20-9-17-18-10-20/h4-6,9-10,22H,7-8H2,1-3H3. The summed E-state index contributed by atoms with van der Waals surface area (Å²) in [5.41, 5.74) is -0.702. The number of aliphatic hydroxyl groups is 1. The van der Waals surface area contributed by atoms with Crippen molar-refractivity contribution in [1.82, 2.24) is 24.6 Å². The monoisotopic (exact) mass is 301 g/mol. The molecule has 1 unspecified atom stereocenters. The van der Waals surface area contributed by atoms with Crippen molar-refractivity contribution in [3.05, 3.63) is 36.5 Å². The molecule has 22 heavy (non-hydrogen) atoms. The fraction of sp³-hybridized carbons (Fsp3) is 0.467. The fourth-order valence-electron chi connectivity index (χ4n) is 2.63. The van der Waals surface area contributed by atoms with Crippen LogP contribution < -0.4 is 0 Å². The van der Waals surface area contributed by atoms with Crippen LogP contribution in [-0.2, 0) is 0 Å². The summed E-state index contributed by atoms with van der Waals surface area (Å²) in [6.07, 6.45) is 4.64. The van der Waals surface area contributed by atoms with Gasteiger partial charge in [0.1, 0.15) is 18.5 Å². The first kappa shape index (κ1) is 14.6. The van der Waals surface area contributed by atoms with Crippen LogP contribution in [0.2, 0.25) is 0 Å². The molecule has 1 fully saturated rings. The van der Waals surface area contributed by atoms with Crippen molar-refractivity contribution in [3.8, 4) is 5.82 Å². The molecule has 2 aromatic heterocycles. The van der Waals surface area contributed by atoms with Crippen LogP contribution in [0.25, 0.3) is 5.82 Å². The number of amides is 1. The van der Waals surface area contributed by atoms with Gasteiger partial charge in [-0.15, -0.1) is 10.2 Å². The molecule has 1 aliphatic heterocycles. The van der Waals surface area contributed by atoms with E-state index in [2.05, 4.69) is 15.2 Å². The summed E-state index contributed by atoms with van der Waals surface area (Å²) in [4.78, 5) is 18.6. The van der Waals surface area contributed by atoms with Crippen LogP contribution in [0.3, 0.4) is 0 Å². The Labute approximate surface area is 128 Å². The highest BCUT2D eigenvalue weighted by atomic mass is 16.3. The lowest BCUT2D eigenvalue weighted by Crippen LogP contribution is -2.40. The number of hydrogen-bond acceptors (Lipinski definition) is 5. The number of rotatable bonds is 2. The maximum atomic E-state index is 12.7. The zero-order valence-corrected chi connectivity index (χ0v) is 12.9. The average Bonchev–Trinajstić information content (AvgIpc) is 3.05. The van der Waals surface area contributed by atoms with E-state index in [4.69, 9.17) is 0 Å². The summed E-state index contributed by atoms with van der Waals surface area (Å²) in [6, 6.07) is 3.38. The number of likely N-dealkylation sites (tertiary alicyclic amines) is 1. The zero-order chi connectivity index (χ0) is 16.0. The second kappa shape index (κ2) is 4.88. The Balaban J connectivity index is 1.86. The molecule has 1 amide bonds. The lowest BCUT2D eigenvalue weighted by atomic mass is 9.79. The number of β-amino-alcohol motifs (C(OH)–C–C–N with tert-alkyl or cyclic N) is 1. The molecule has 1 saturated heterocycles. The van der Waals surface area contributed by atoms with Crippen LogP contribution in [-0.4, -0.2) is 54.4 Å². The smallest absolute Gasteiger partial charge is 0.254 e. The summed E-state index contributed by atoms with van der Waals surface area (Å²) < 4.78 is 1.64. The van der Waals surface area contributed by atoms with E-state index in [9.17, 15) is 9.90 Å². The van der Waals surface area contributed by atoms with Crippen LogP contribution in [0.4, 0.5) is 0 Å². The van der Waals surface area contributed by atoms with Gasteiger partial charge in [0.05, 0.1) is 12.1 Å². The molecule has 0 aliphatic carbocycles. The molecule has 7 heteroatoms. The summed E-state index contributed by atoms with van der Waals surface area (Å²) >= 11 is 0. The van der Waals surface area contributed by atoms with E-state index in [1.165, 1.54) is 12.7 Å². The third-order valence-electron chi connectivity index (χ3n) is 4.51. The van der Waals surface area contributed by atoms with Gasteiger partial charge in [-0.3, -0.25) is 9.36 Å². The predicted octanol–water partition coefficient (Wildman–Crippen LogP) is 0.895. The molecule has 3 rings (SSSR count). The van der Waals surface area contributed by atoms with E-state index in [-0.39, 0.29) is 11.3 Å². The van der Waals surface area contributed by atoms with E-state index in [1.54, 1.807) is 34.7 Å². The summed E-state index contributed by atoms with van der Waals surface area (Å²) in [6.45, 7) is 6.55. The number of pyridine rings is 1. The van der Waals surface area contributed by atoms with Gasteiger partial charge in [0.25, 0.3) is 5.91 Å². The molecule has 1 atom stereocenters. The Kier molecular flexibility index (Phi) is 3.25. The molecule has 1 aliphatic rings. The van der Waals surface area contributed by atoms with Crippen molar-refractivity contribution < 1.29 is 9.90 Å². The van der Waals surface area contributed by atoms with Crippen LogP contribution in [0, 0.1) is 5.41 Å². The molecule has 0 bridgehead atoms. The molecule has 0 saturated carbocycles. The summed E-state index contributed by atoms with van der Waals surface area (Å²) in [5, 5.41) is 17.9. The van der Waals surface area contributed by atoms with Gasteiger partial charge in [0, 0.05) is 23.7 Å². The molecule has 0 spiro atoms. The normalized spacial score (nSPS) is 23.7. The minimum absolute atomic E-state index is 0.109. The summed E-state index contributed by atoms with van der Waals surface area (Å²) in [5.74, 6) is 0.476. The van der Waals surface area contributed by atoms with Crippen LogP contribution >= 0.6 is 0 Å². The molecule has 0 radical (unpaired) electrons. The first-order valence-corrected chi connectivity index (χ1v) is 7.13. The molecular weight excluding hydrogens is 282 g/mol. The van der Waals surface area contributed by atoms with Gasteiger partial charge in [-0.2, -0.15) is 0 Å². The third-order valence-corrected chi connectivity index (χ3v) is 4.51. The number of hydrogen-bond donors (Lipinski definition) is 1. The number of nitrogens with zero attached hydrogens (tertiary/aromatic N) is 5. The highest BCUT2D eigenvalue weighted by Crippen LogP contribution is 2.38. The van der Waals surface area contributed by atoms with Crippen LogP contribution in [0.15, 0.2) is 31.0 Å². The first-order valence-electron chi connectivity index (χ1n) is 7.13. The number of aromatic nitrogens is 4. The van der Waals surface area contributed by atoms with Crippen molar-refractivity contribution >= 4 is 5.91 Å². The van der Waals surface area contributed by atoms with Gasteiger partial charge in [-0.1, -0.05) is 13.8 Å². The lowest BCUT2D eigenvalue weighted by molar-refractivity contribution is -0.0108. The predicted molar refractivity (Wildman–Crippen MR) is 79.5 cm³/mol. The van der Waals surface area contributed by atoms with E-state index in [0.717, 1.165) is 0 Å². The van der Waals surface area contributed by atoms with E-state index < -0.39 is 5.60 Å². The van der Waals surface area contributed by atoms with Crippen LogP contribution in [0.5, 0.6) is 0 Å². The third kappa shape index (κ3) is 2.37. The van der Waals surface area contributed by atoms with E-state index in [1.807, 2.05) is 13.8 Å². The fourth-order valence-corrected chi connectivity index (χ4v) is 2.63. The summed E-state index contributed by atoms with van der Waals surface area (Å²) in [7, 11) is 0. The maximum Gasteiger partial charge on any atom is 0.254 e. The highest BCUT2D eigenvalue weighted by molar-refractivity contribution is 5.94. The van der Waals surface area contributed by atoms with Gasteiger partial charge in [0.2, 0.25) is 0 Å². The molecule has 2 aromatic rings. The minimum atomic E-state index is -0.896. The Hall–Kier alpha value is -2.28. The van der Waals surface area contributed by atoms with Crippen molar-refractivity contribution in [2.75, 3.05) is 13.1 Å². The minimum Gasteiger partial charge on any atom is -0.388 e. The van der Waals surface area contributed by atoms with E-state index >= 15 is 0 Å². The van der Waals surface area contributed by atoms with Gasteiger partial charge >= 0.3 is 0 Å². The Bertz CT molecular complexity index is 678. The molecule has 7 nitrogen and oxygen atoms in total. The van der Waals surface area contributed by atoms with Crippen LogP contribution in [0.1, 0.15) is 31.1 Å². The van der Waals surface area contributed by atoms with Gasteiger partial charge < -0.3 is 10.0 Å². The van der Waals surface area contributed by atoms with Crippen molar-refractivity contribution in [2.45, 2.75) is 26.4 Å². The second-order valence-corrected chi connectivity index (χ2v) is 6.59. The molecular formula is C15H19N5O2. The van der Waals surface area contributed by atoms with Gasteiger partial charge in [-0.25, -0.2) is 4.98 Å². The molecule has 1 N–H and O–H groups in total. The number of carbonyl (C=O) groups excluding carboxylic acids is 1. The van der Waals surface area contributed by atoms with Crippen molar-refractivity contribution in [3.63, 3.8) is 0 Å². The van der Waals surface area contributed by atoms with Crippen molar-refractivity contribution in [1.29, 1.82) is 0 Å². The largest absolute Gasteiger partial charge is 0.388 e. The quantitative estimate of drug-likeness (QED) is 0.890. The van der Waals surface area contributed by atoms with Crippen molar-refractivity contribution in [2.24, 2.45) is 5.41 Å². The second-order valence-electron chi connectivity index (χ2n) is 6.59. The van der Waals surface area contributed by atoms with Gasteiger partial charge in [-0.05, 0) is 19.1 Å². The molecule has 116 valence electrons. The van der Waals surface area contributed by atoms with E-state index in [0.29, 0.717) is 24.5 Å². The van der Waals surface area contributed by atoms with Gasteiger partial charge in [0.15, 0.2) is 0 Å². The molecule has 3 heterocycles. The lowest BCUT2D eigenvalue weighted by Gasteiger charge is -2.30. The maximum absolute atomic E-state index is 12.7. The Morgan fingerprint density at radius 2 is 1.91 bits per heavy atom. The number of carbonyl (C=O) groups is 1. The average molecular weight is 301 g/mol. The topological polar surface area (TPSA) is 84.1 Å².